The van der Waals surface area contributed by atoms with Crippen LogP contribution in [0, 0.1) is 0 Å². The van der Waals surface area contributed by atoms with E-state index in [-0.39, 0.29) is 4.74 Å². The van der Waals surface area contributed by atoms with Gasteiger partial charge in [0, 0.05) is 0 Å². The highest BCUT2D eigenvalue weighted by Crippen LogP contribution is 2.03. The lowest BCUT2D eigenvalue weighted by Gasteiger charge is -1.94. The summed E-state index contributed by atoms with van der Waals surface area (Å²) in [6, 6.07) is 0. The van der Waals surface area contributed by atoms with Crippen molar-refractivity contribution >= 4 is 30.5 Å². The van der Waals surface area contributed by atoms with Crippen LogP contribution in [0.3, 0.4) is 0 Å². The van der Waals surface area contributed by atoms with Crippen LogP contribution in [0.2, 0.25) is 6.32 Å². The maximum atomic E-state index is 5.42. The van der Waals surface area contributed by atoms with Crippen molar-refractivity contribution in [2.24, 2.45) is 0 Å². The molecule has 0 bridgehead atoms. The molecule has 0 amide bonds. The van der Waals surface area contributed by atoms with Crippen LogP contribution in [0.5, 0.6) is 0 Å². The van der Waals surface area contributed by atoms with Crippen molar-refractivity contribution < 1.29 is 0 Å². The SMILES string of the molecule is CCCC[B]C(Cl)Cl. The van der Waals surface area contributed by atoms with Crippen molar-refractivity contribution in [1.29, 1.82) is 0 Å². The van der Waals surface area contributed by atoms with Gasteiger partial charge < -0.3 is 0 Å². The Morgan fingerprint density at radius 1 is 1.50 bits per heavy atom. The predicted molar refractivity (Wildman–Crippen MR) is 41.0 cm³/mol. The van der Waals surface area contributed by atoms with Gasteiger partial charge in [-0.2, -0.15) is 0 Å². The number of halogens is 2. The number of alkyl halides is 2. The van der Waals surface area contributed by atoms with Gasteiger partial charge in [0.2, 0.25) is 0 Å². The summed E-state index contributed by atoms with van der Waals surface area (Å²) in [7, 11) is 1.91. The van der Waals surface area contributed by atoms with Crippen LogP contribution in [0.4, 0.5) is 0 Å². The van der Waals surface area contributed by atoms with E-state index in [2.05, 4.69) is 6.92 Å². The lowest BCUT2D eigenvalue weighted by molar-refractivity contribution is 0.879. The van der Waals surface area contributed by atoms with E-state index in [0.717, 1.165) is 6.32 Å². The molecule has 0 saturated heterocycles. The van der Waals surface area contributed by atoms with Crippen molar-refractivity contribution in [2.75, 3.05) is 0 Å². The van der Waals surface area contributed by atoms with Gasteiger partial charge in [0.15, 0.2) is 7.28 Å². The molecular weight excluding hydrogens is 142 g/mol. The number of rotatable bonds is 4. The minimum absolute atomic E-state index is 0.276. The highest BCUT2D eigenvalue weighted by atomic mass is 35.5. The van der Waals surface area contributed by atoms with Crippen molar-refractivity contribution in [2.45, 2.75) is 30.8 Å². The van der Waals surface area contributed by atoms with Crippen LogP contribution >= 0.6 is 23.2 Å². The fourth-order valence-electron chi connectivity index (χ4n) is 0.448. The largest absolute Gasteiger partial charge is 0.154 e. The van der Waals surface area contributed by atoms with Crippen LogP contribution in [0.15, 0.2) is 0 Å². The molecule has 0 aliphatic rings. The Morgan fingerprint density at radius 2 is 2.12 bits per heavy atom. The predicted octanol–water partition coefficient (Wildman–Crippen LogP) is 2.67. The molecule has 1 radical (unpaired) electrons. The molecule has 0 aliphatic carbocycles. The fourth-order valence-corrected chi connectivity index (χ4v) is 0.700. The first-order valence-corrected chi connectivity index (χ1v) is 3.76. The third-order valence-electron chi connectivity index (χ3n) is 0.903. The summed E-state index contributed by atoms with van der Waals surface area (Å²) in [5.74, 6) is 0. The summed E-state index contributed by atoms with van der Waals surface area (Å²) in [4.78, 5) is 0. The zero-order chi connectivity index (χ0) is 6.41. The third-order valence-corrected chi connectivity index (χ3v) is 1.26. The summed E-state index contributed by atoms with van der Waals surface area (Å²) in [5, 5.41) is 0. The summed E-state index contributed by atoms with van der Waals surface area (Å²) in [5.41, 5.74) is 0. The molecule has 0 unspecified atom stereocenters. The van der Waals surface area contributed by atoms with Gasteiger partial charge in [-0.15, -0.1) is 23.2 Å². The molecule has 8 heavy (non-hydrogen) atoms. The molecule has 0 heterocycles. The van der Waals surface area contributed by atoms with Gasteiger partial charge >= 0.3 is 0 Å². The van der Waals surface area contributed by atoms with E-state index in [0.29, 0.717) is 0 Å². The first-order chi connectivity index (χ1) is 3.77. The molecule has 0 aromatic rings. The number of unbranched alkanes of at least 4 members (excludes halogenated alkanes) is 1. The van der Waals surface area contributed by atoms with Crippen LogP contribution in [-0.4, -0.2) is 12.0 Å². The van der Waals surface area contributed by atoms with E-state index in [1.165, 1.54) is 12.8 Å². The molecule has 0 nitrogen and oxygen atoms in total. The van der Waals surface area contributed by atoms with Crippen LogP contribution in [-0.2, 0) is 0 Å². The molecule has 47 valence electrons. The molecule has 0 spiro atoms. The molecule has 0 atom stereocenters. The molecular formula is C5H10BCl2. The molecule has 0 saturated carbocycles. The lowest BCUT2D eigenvalue weighted by Crippen LogP contribution is -1.99. The molecule has 0 fully saturated rings. The Bertz CT molecular complexity index is 47.7. The van der Waals surface area contributed by atoms with Gasteiger partial charge in [0.25, 0.3) is 0 Å². The van der Waals surface area contributed by atoms with Gasteiger partial charge in [0.05, 0.1) is 4.74 Å². The maximum absolute atomic E-state index is 5.42. The highest BCUT2D eigenvalue weighted by molar-refractivity contribution is 6.68. The van der Waals surface area contributed by atoms with E-state index in [1.54, 1.807) is 0 Å². The van der Waals surface area contributed by atoms with Crippen molar-refractivity contribution in [3.63, 3.8) is 0 Å². The molecule has 0 aromatic heterocycles. The Hall–Kier alpha value is 0.645. The molecule has 0 rings (SSSR count). The highest BCUT2D eigenvalue weighted by Gasteiger charge is 1.98. The zero-order valence-electron chi connectivity index (χ0n) is 5.03. The summed E-state index contributed by atoms with van der Waals surface area (Å²) >= 11 is 10.8. The Balaban J connectivity index is 2.72. The first kappa shape index (κ1) is 8.64. The second-order valence-electron chi connectivity index (χ2n) is 1.71. The minimum atomic E-state index is -0.276. The van der Waals surface area contributed by atoms with E-state index in [9.17, 15) is 0 Å². The second kappa shape index (κ2) is 5.78. The lowest BCUT2D eigenvalue weighted by atomic mass is 9.75. The first-order valence-electron chi connectivity index (χ1n) is 2.89. The number of hydrogen-bond donors (Lipinski definition) is 0. The van der Waals surface area contributed by atoms with Crippen molar-refractivity contribution in [3.8, 4) is 0 Å². The van der Waals surface area contributed by atoms with E-state index >= 15 is 0 Å². The van der Waals surface area contributed by atoms with Gasteiger partial charge in [-0.25, -0.2) is 0 Å². The van der Waals surface area contributed by atoms with Gasteiger partial charge in [0.1, 0.15) is 0 Å². The molecule has 0 aromatic carbocycles. The van der Waals surface area contributed by atoms with Crippen molar-refractivity contribution in [1.82, 2.24) is 0 Å². The number of hydrogen-bond acceptors (Lipinski definition) is 0. The summed E-state index contributed by atoms with van der Waals surface area (Å²) < 4.78 is -0.276. The average molecular weight is 152 g/mol. The van der Waals surface area contributed by atoms with Crippen LogP contribution in [0.1, 0.15) is 19.8 Å². The maximum Gasteiger partial charge on any atom is 0.154 e. The molecule has 0 aliphatic heterocycles. The van der Waals surface area contributed by atoms with Crippen molar-refractivity contribution in [3.05, 3.63) is 0 Å². The summed E-state index contributed by atoms with van der Waals surface area (Å²) in [6.07, 6.45) is 3.43. The third kappa shape index (κ3) is 6.64. The average Bonchev–Trinajstić information content (AvgIpc) is 1.66. The fraction of sp³-hybridized carbons (Fsp3) is 1.00. The molecule has 3 heteroatoms. The standard InChI is InChI=1S/C5H10BCl2/c1-2-3-4-6-5(7)8/h5H,2-4H2,1H3. The van der Waals surface area contributed by atoms with Gasteiger partial charge in [-0.3, -0.25) is 0 Å². The normalized spacial score (nSPS) is 10.0. The topological polar surface area (TPSA) is 0 Å². The molecule has 0 N–H and O–H groups in total. The summed E-state index contributed by atoms with van der Waals surface area (Å²) in [6.45, 7) is 2.14. The van der Waals surface area contributed by atoms with Gasteiger partial charge in [-0.05, 0) is 0 Å². The van der Waals surface area contributed by atoms with E-state index in [4.69, 9.17) is 23.2 Å². The van der Waals surface area contributed by atoms with E-state index < -0.39 is 0 Å². The van der Waals surface area contributed by atoms with Crippen LogP contribution < -0.4 is 0 Å². The monoisotopic (exact) mass is 151 g/mol. The van der Waals surface area contributed by atoms with E-state index in [1.807, 2.05) is 7.28 Å². The quantitative estimate of drug-likeness (QED) is 0.330. The van der Waals surface area contributed by atoms with Gasteiger partial charge in [-0.1, -0.05) is 26.1 Å². The smallest absolute Gasteiger partial charge is 0.116 e. The second-order valence-corrected chi connectivity index (χ2v) is 2.88. The minimum Gasteiger partial charge on any atom is -0.116 e. The zero-order valence-corrected chi connectivity index (χ0v) is 6.54. The van der Waals surface area contributed by atoms with Crippen LogP contribution in [0.25, 0.3) is 0 Å². The Kier molecular flexibility index (Phi) is 6.24. The Morgan fingerprint density at radius 3 is 2.50 bits per heavy atom. The Labute approximate surface area is 61.8 Å².